The predicted molar refractivity (Wildman–Crippen MR) is 74.4 cm³/mol. The first-order chi connectivity index (χ1) is 9.29. The van der Waals surface area contributed by atoms with Crippen molar-refractivity contribution in [3.8, 4) is 5.69 Å². The van der Waals surface area contributed by atoms with Gasteiger partial charge in [-0.25, -0.2) is 9.67 Å². The Hall–Kier alpha value is -1.97. The van der Waals surface area contributed by atoms with Crippen molar-refractivity contribution < 1.29 is 0 Å². The average Bonchev–Trinajstić information content (AvgIpc) is 3.18. The van der Waals surface area contributed by atoms with Crippen molar-refractivity contribution in [3.05, 3.63) is 48.3 Å². The van der Waals surface area contributed by atoms with E-state index in [-0.39, 0.29) is 0 Å². The second-order valence-corrected chi connectivity index (χ2v) is 5.06. The van der Waals surface area contributed by atoms with E-state index in [9.17, 15) is 0 Å². The van der Waals surface area contributed by atoms with Gasteiger partial charge < -0.3 is 0 Å². The summed E-state index contributed by atoms with van der Waals surface area (Å²) in [4.78, 5) is 8.85. The number of nitrogens with zero attached hydrogens (tertiary/aromatic N) is 4. The van der Waals surface area contributed by atoms with Gasteiger partial charge in [0.2, 0.25) is 0 Å². The van der Waals surface area contributed by atoms with Crippen molar-refractivity contribution >= 4 is 0 Å². The van der Waals surface area contributed by atoms with Gasteiger partial charge in [0.15, 0.2) is 5.82 Å². The van der Waals surface area contributed by atoms with E-state index >= 15 is 0 Å². The minimum Gasteiger partial charge on any atom is -0.264 e. The molecule has 4 nitrogen and oxygen atoms in total. The van der Waals surface area contributed by atoms with Gasteiger partial charge in [-0.2, -0.15) is 5.10 Å². The van der Waals surface area contributed by atoms with Gasteiger partial charge in [0, 0.05) is 24.7 Å². The molecular weight excluding hydrogens is 236 g/mol. The summed E-state index contributed by atoms with van der Waals surface area (Å²) in [6.45, 7) is 5.84. The standard InChI is InChI=1S/C15H18N4/c1-3-4-5-14-17-15(12-6-7-12)18-19(14)13-8-9-16-10-11(13)2/h3,8-10,12H,1,4-7H2,2H3. The minimum absolute atomic E-state index is 0.575. The highest BCUT2D eigenvalue weighted by Gasteiger charge is 2.29. The summed E-state index contributed by atoms with van der Waals surface area (Å²) in [5.41, 5.74) is 2.20. The third-order valence-corrected chi connectivity index (χ3v) is 3.42. The van der Waals surface area contributed by atoms with Crippen LogP contribution in [0.25, 0.3) is 5.69 Å². The molecule has 2 aromatic rings. The third kappa shape index (κ3) is 2.43. The van der Waals surface area contributed by atoms with Crippen molar-refractivity contribution in [2.45, 2.75) is 38.5 Å². The lowest BCUT2D eigenvalue weighted by Crippen LogP contribution is -2.05. The molecule has 1 aliphatic carbocycles. The maximum absolute atomic E-state index is 4.71. The van der Waals surface area contributed by atoms with Crippen LogP contribution >= 0.6 is 0 Å². The first-order valence-corrected chi connectivity index (χ1v) is 6.77. The number of pyridine rings is 1. The van der Waals surface area contributed by atoms with Gasteiger partial charge in [-0.05, 0) is 37.8 Å². The van der Waals surface area contributed by atoms with Crippen LogP contribution in [0.2, 0.25) is 0 Å². The first kappa shape index (κ1) is 12.1. The van der Waals surface area contributed by atoms with Gasteiger partial charge in [-0.1, -0.05) is 6.08 Å². The lowest BCUT2D eigenvalue weighted by Gasteiger charge is -2.07. The summed E-state index contributed by atoms with van der Waals surface area (Å²) in [7, 11) is 0. The molecule has 4 heteroatoms. The summed E-state index contributed by atoms with van der Waals surface area (Å²) >= 11 is 0. The quantitative estimate of drug-likeness (QED) is 0.770. The second kappa shape index (κ2) is 4.96. The van der Waals surface area contributed by atoms with Gasteiger partial charge in [0.1, 0.15) is 5.82 Å². The van der Waals surface area contributed by atoms with Crippen LogP contribution in [-0.4, -0.2) is 19.7 Å². The lowest BCUT2D eigenvalue weighted by molar-refractivity contribution is 0.766. The Morgan fingerprint density at radius 1 is 1.47 bits per heavy atom. The van der Waals surface area contributed by atoms with Crippen molar-refractivity contribution in [1.82, 2.24) is 19.7 Å². The molecule has 2 heterocycles. The second-order valence-electron chi connectivity index (χ2n) is 5.06. The van der Waals surface area contributed by atoms with E-state index in [1.165, 1.54) is 12.8 Å². The maximum Gasteiger partial charge on any atom is 0.154 e. The first-order valence-electron chi connectivity index (χ1n) is 6.77. The molecule has 0 amide bonds. The van der Waals surface area contributed by atoms with Gasteiger partial charge in [0.05, 0.1) is 5.69 Å². The fourth-order valence-electron chi connectivity index (χ4n) is 2.17. The van der Waals surface area contributed by atoms with Gasteiger partial charge in [0.25, 0.3) is 0 Å². The highest BCUT2D eigenvalue weighted by Crippen LogP contribution is 2.38. The minimum atomic E-state index is 0.575. The number of aryl methyl sites for hydroxylation is 2. The molecule has 3 rings (SSSR count). The van der Waals surface area contributed by atoms with Gasteiger partial charge >= 0.3 is 0 Å². The number of rotatable bonds is 5. The van der Waals surface area contributed by atoms with Crippen molar-refractivity contribution in [3.63, 3.8) is 0 Å². The molecular formula is C15H18N4. The molecule has 0 N–H and O–H groups in total. The molecule has 0 aliphatic heterocycles. The van der Waals surface area contributed by atoms with Gasteiger partial charge in [-0.3, -0.25) is 4.98 Å². The summed E-state index contributed by atoms with van der Waals surface area (Å²) in [5.74, 6) is 2.59. The zero-order chi connectivity index (χ0) is 13.2. The van der Waals surface area contributed by atoms with Crippen LogP contribution in [-0.2, 0) is 6.42 Å². The van der Waals surface area contributed by atoms with Crippen LogP contribution in [0.5, 0.6) is 0 Å². The Morgan fingerprint density at radius 3 is 3.00 bits per heavy atom. The summed E-state index contributed by atoms with van der Waals surface area (Å²) in [5, 5.41) is 4.70. The third-order valence-electron chi connectivity index (χ3n) is 3.42. The van der Waals surface area contributed by atoms with Crippen molar-refractivity contribution in [2.75, 3.05) is 0 Å². The van der Waals surface area contributed by atoms with E-state index in [2.05, 4.69) is 18.5 Å². The molecule has 0 aromatic carbocycles. The summed E-state index contributed by atoms with van der Waals surface area (Å²) < 4.78 is 1.98. The highest BCUT2D eigenvalue weighted by molar-refractivity contribution is 5.37. The number of hydrogen-bond donors (Lipinski definition) is 0. The van der Waals surface area contributed by atoms with E-state index in [1.807, 2.05) is 23.0 Å². The maximum atomic E-state index is 4.71. The number of aromatic nitrogens is 4. The Kier molecular flexibility index (Phi) is 3.15. The zero-order valence-electron chi connectivity index (χ0n) is 11.2. The summed E-state index contributed by atoms with van der Waals surface area (Å²) in [6.07, 6.45) is 9.84. The van der Waals surface area contributed by atoms with E-state index in [1.54, 1.807) is 6.20 Å². The fourth-order valence-corrected chi connectivity index (χ4v) is 2.17. The smallest absolute Gasteiger partial charge is 0.154 e. The molecule has 0 spiro atoms. The lowest BCUT2D eigenvalue weighted by atomic mass is 10.2. The van der Waals surface area contributed by atoms with Crippen LogP contribution in [0.3, 0.4) is 0 Å². The van der Waals surface area contributed by atoms with E-state index in [4.69, 9.17) is 10.1 Å². The molecule has 1 fully saturated rings. The molecule has 0 unspecified atom stereocenters. The molecule has 0 radical (unpaired) electrons. The van der Waals surface area contributed by atoms with Crippen LogP contribution in [0.4, 0.5) is 0 Å². The van der Waals surface area contributed by atoms with Gasteiger partial charge in [-0.15, -0.1) is 6.58 Å². The van der Waals surface area contributed by atoms with Crippen LogP contribution in [0.15, 0.2) is 31.1 Å². The van der Waals surface area contributed by atoms with Crippen molar-refractivity contribution in [1.29, 1.82) is 0 Å². The topological polar surface area (TPSA) is 43.6 Å². The molecule has 1 saturated carbocycles. The van der Waals surface area contributed by atoms with Crippen LogP contribution in [0.1, 0.15) is 42.4 Å². The summed E-state index contributed by atoms with van der Waals surface area (Å²) in [6, 6.07) is 2.00. The molecule has 1 aliphatic rings. The molecule has 19 heavy (non-hydrogen) atoms. The van der Waals surface area contributed by atoms with Crippen LogP contribution < -0.4 is 0 Å². The van der Waals surface area contributed by atoms with E-state index < -0.39 is 0 Å². The number of allylic oxidation sites excluding steroid dienone is 1. The Bertz CT molecular complexity index is 596. The average molecular weight is 254 g/mol. The highest BCUT2D eigenvalue weighted by atomic mass is 15.4. The molecule has 98 valence electrons. The Balaban J connectivity index is 2.02. The largest absolute Gasteiger partial charge is 0.264 e. The fraction of sp³-hybridized carbons (Fsp3) is 0.400. The van der Waals surface area contributed by atoms with E-state index in [0.717, 1.165) is 35.7 Å². The normalized spacial score (nSPS) is 14.6. The monoisotopic (exact) mass is 254 g/mol. The predicted octanol–water partition coefficient (Wildman–Crippen LogP) is 2.97. The molecule has 0 saturated heterocycles. The Morgan fingerprint density at radius 2 is 2.32 bits per heavy atom. The van der Waals surface area contributed by atoms with Crippen molar-refractivity contribution in [2.24, 2.45) is 0 Å². The van der Waals surface area contributed by atoms with Crippen LogP contribution in [0, 0.1) is 6.92 Å². The SMILES string of the molecule is C=CCCc1nc(C2CC2)nn1-c1ccncc1C. The number of hydrogen-bond acceptors (Lipinski definition) is 3. The zero-order valence-corrected chi connectivity index (χ0v) is 11.2. The molecule has 0 atom stereocenters. The molecule has 0 bridgehead atoms. The Labute approximate surface area is 113 Å². The van der Waals surface area contributed by atoms with E-state index in [0.29, 0.717) is 5.92 Å². The molecule has 2 aromatic heterocycles.